The summed E-state index contributed by atoms with van der Waals surface area (Å²) >= 11 is 0. The van der Waals surface area contributed by atoms with Crippen molar-refractivity contribution in [3.05, 3.63) is 29.8 Å². The number of hydrogen-bond acceptors (Lipinski definition) is 3. The van der Waals surface area contributed by atoms with Gasteiger partial charge in [-0.3, -0.25) is 4.79 Å². The maximum absolute atomic E-state index is 12.5. The van der Waals surface area contributed by atoms with Gasteiger partial charge in [0, 0.05) is 17.6 Å². The van der Waals surface area contributed by atoms with Crippen LogP contribution in [0, 0.1) is 0 Å². The van der Waals surface area contributed by atoms with Crippen LogP contribution in [0.2, 0.25) is 0 Å². The van der Waals surface area contributed by atoms with E-state index in [-0.39, 0.29) is 22.9 Å². The van der Waals surface area contributed by atoms with Crippen LogP contribution in [0.4, 0.5) is 0 Å². The van der Waals surface area contributed by atoms with Gasteiger partial charge < -0.3 is 5.32 Å². The van der Waals surface area contributed by atoms with Crippen LogP contribution in [-0.2, 0) is 10.0 Å². The van der Waals surface area contributed by atoms with Crippen LogP contribution < -0.4 is 10.0 Å². The molecule has 6 heteroatoms. The topological polar surface area (TPSA) is 75.3 Å². The minimum atomic E-state index is -3.60. The zero-order valence-electron chi connectivity index (χ0n) is 14.5. The van der Waals surface area contributed by atoms with Crippen molar-refractivity contribution in [3.8, 4) is 0 Å². The minimum Gasteiger partial charge on any atom is -0.349 e. The van der Waals surface area contributed by atoms with Gasteiger partial charge in [0.2, 0.25) is 10.0 Å². The lowest BCUT2D eigenvalue weighted by molar-refractivity contribution is 0.0933. The second-order valence-corrected chi connectivity index (χ2v) is 8.33. The summed E-state index contributed by atoms with van der Waals surface area (Å²) in [6.45, 7) is 3.74. The van der Waals surface area contributed by atoms with Gasteiger partial charge in [0.05, 0.1) is 4.90 Å². The van der Waals surface area contributed by atoms with Gasteiger partial charge in [-0.2, -0.15) is 0 Å². The first kappa shape index (κ1) is 18.9. The van der Waals surface area contributed by atoms with Gasteiger partial charge in [-0.1, -0.05) is 38.7 Å². The Labute approximate surface area is 145 Å². The lowest BCUT2D eigenvalue weighted by Crippen LogP contribution is -2.35. The Hall–Kier alpha value is -1.40. The number of rotatable bonds is 6. The van der Waals surface area contributed by atoms with Gasteiger partial charge in [0.15, 0.2) is 0 Å². The Kier molecular flexibility index (Phi) is 6.80. The van der Waals surface area contributed by atoms with Crippen LogP contribution >= 0.6 is 0 Å². The van der Waals surface area contributed by atoms with E-state index in [0.29, 0.717) is 12.0 Å². The minimum absolute atomic E-state index is 0.135. The summed E-state index contributed by atoms with van der Waals surface area (Å²) in [4.78, 5) is 12.6. The van der Waals surface area contributed by atoms with Crippen molar-refractivity contribution in [2.75, 3.05) is 0 Å². The predicted molar refractivity (Wildman–Crippen MR) is 95.5 cm³/mol. The van der Waals surface area contributed by atoms with Crippen molar-refractivity contribution in [2.24, 2.45) is 0 Å². The van der Waals surface area contributed by atoms with E-state index in [1.165, 1.54) is 25.0 Å². The van der Waals surface area contributed by atoms with E-state index in [1.807, 2.05) is 13.8 Å². The number of sulfonamides is 1. The Balaban J connectivity index is 2.10. The molecule has 0 bridgehead atoms. The zero-order chi connectivity index (χ0) is 17.6. The van der Waals surface area contributed by atoms with Crippen LogP contribution in [0.15, 0.2) is 29.2 Å². The van der Waals surface area contributed by atoms with Crippen molar-refractivity contribution in [2.45, 2.75) is 75.8 Å². The van der Waals surface area contributed by atoms with Gasteiger partial charge in [-0.15, -0.1) is 0 Å². The molecule has 0 heterocycles. The molecule has 1 amide bonds. The predicted octanol–water partition coefficient (Wildman–Crippen LogP) is 3.22. The van der Waals surface area contributed by atoms with E-state index < -0.39 is 10.0 Å². The third kappa shape index (κ3) is 5.31. The number of carbonyl (C=O) groups is 1. The van der Waals surface area contributed by atoms with Gasteiger partial charge >= 0.3 is 0 Å². The van der Waals surface area contributed by atoms with E-state index >= 15 is 0 Å². The highest BCUT2D eigenvalue weighted by Gasteiger charge is 2.20. The summed E-state index contributed by atoms with van der Waals surface area (Å²) in [6.07, 6.45) is 7.43. The standard InChI is InChI=1S/C18H28N2O3S/c1-3-14(2)20-24(22,23)17-12-8-9-15(13-17)18(21)19-16-10-6-4-5-7-11-16/h8-9,12-14,16,20H,3-7,10-11H2,1-2H3,(H,19,21). The normalized spacial score (nSPS) is 17.9. The molecule has 1 atom stereocenters. The summed E-state index contributed by atoms with van der Waals surface area (Å²) < 4.78 is 27.4. The van der Waals surface area contributed by atoms with Crippen LogP contribution in [0.5, 0.6) is 0 Å². The van der Waals surface area contributed by atoms with Crippen molar-refractivity contribution < 1.29 is 13.2 Å². The fourth-order valence-corrected chi connectivity index (χ4v) is 4.29. The first-order valence-corrected chi connectivity index (χ1v) is 10.3. The molecule has 0 radical (unpaired) electrons. The molecule has 1 aromatic rings. The Morgan fingerprint density at radius 3 is 2.50 bits per heavy atom. The maximum atomic E-state index is 12.5. The average Bonchev–Trinajstić information content (AvgIpc) is 2.83. The number of nitrogens with one attached hydrogen (secondary N) is 2. The quantitative estimate of drug-likeness (QED) is 0.772. The van der Waals surface area contributed by atoms with Crippen molar-refractivity contribution in [1.29, 1.82) is 0 Å². The molecule has 0 aliphatic heterocycles. The molecule has 1 aromatic carbocycles. The van der Waals surface area contributed by atoms with Crippen molar-refractivity contribution in [1.82, 2.24) is 10.0 Å². The summed E-state index contributed by atoms with van der Waals surface area (Å²) in [5.41, 5.74) is 0.395. The second kappa shape index (κ2) is 8.62. The van der Waals surface area contributed by atoms with Gasteiger partial charge in [-0.25, -0.2) is 13.1 Å². The number of benzene rings is 1. The summed E-state index contributed by atoms with van der Waals surface area (Å²) in [5, 5.41) is 3.05. The van der Waals surface area contributed by atoms with Gasteiger partial charge in [-0.05, 0) is 44.4 Å². The maximum Gasteiger partial charge on any atom is 0.251 e. The Morgan fingerprint density at radius 2 is 1.88 bits per heavy atom. The Morgan fingerprint density at radius 1 is 1.21 bits per heavy atom. The lowest BCUT2D eigenvalue weighted by Gasteiger charge is -2.17. The number of carbonyl (C=O) groups excluding carboxylic acids is 1. The summed E-state index contributed by atoms with van der Waals surface area (Å²) in [6, 6.07) is 6.31. The molecule has 5 nitrogen and oxygen atoms in total. The second-order valence-electron chi connectivity index (χ2n) is 6.62. The molecule has 1 saturated carbocycles. The van der Waals surface area contributed by atoms with E-state index in [9.17, 15) is 13.2 Å². The van der Waals surface area contributed by atoms with Crippen LogP contribution in [-0.4, -0.2) is 26.4 Å². The van der Waals surface area contributed by atoms with E-state index in [0.717, 1.165) is 25.7 Å². The fourth-order valence-electron chi connectivity index (χ4n) is 2.91. The van der Waals surface area contributed by atoms with Crippen LogP contribution in [0.1, 0.15) is 69.2 Å². The third-order valence-corrected chi connectivity index (χ3v) is 6.15. The molecule has 1 aliphatic carbocycles. The molecule has 0 aromatic heterocycles. The lowest BCUT2D eigenvalue weighted by atomic mass is 10.1. The number of amides is 1. The molecule has 2 rings (SSSR count). The molecular formula is C18H28N2O3S. The molecular weight excluding hydrogens is 324 g/mol. The molecule has 2 N–H and O–H groups in total. The smallest absolute Gasteiger partial charge is 0.251 e. The largest absolute Gasteiger partial charge is 0.349 e. The van der Waals surface area contributed by atoms with Crippen molar-refractivity contribution >= 4 is 15.9 Å². The molecule has 0 saturated heterocycles. The monoisotopic (exact) mass is 352 g/mol. The van der Waals surface area contributed by atoms with E-state index in [1.54, 1.807) is 12.1 Å². The fraction of sp³-hybridized carbons (Fsp3) is 0.611. The van der Waals surface area contributed by atoms with Gasteiger partial charge in [0.25, 0.3) is 5.91 Å². The molecule has 1 fully saturated rings. The first-order valence-electron chi connectivity index (χ1n) is 8.85. The average molecular weight is 353 g/mol. The molecule has 1 unspecified atom stereocenters. The SMILES string of the molecule is CCC(C)NS(=O)(=O)c1cccc(C(=O)NC2CCCCCC2)c1. The van der Waals surface area contributed by atoms with E-state index in [4.69, 9.17) is 0 Å². The summed E-state index contributed by atoms with van der Waals surface area (Å²) in [7, 11) is -3.60. The molecule has 134 valence electrons. The highest BCUT2D eigenvalue weighted by atomic mass is 32.2. The van der Waals surface area contributed by atoms with Gasteiger partial charge in [0.1, 0.15) is 0 Å². The molecule has 24 heavy (non-hydrogen) atoms. The molecule has 1 aliphatic rings. The zero-order valence-corrected chi connectivity index (χ0v) is 15.4. The highest BCUT2D eigenvalue weighted by Crippen LogP contribution is 2.18. The van der Waals surface area contributed by atoms with Crippen LogP contribution in [0.3, 0.4) is 0 Å². The third-order valence-electron chi connectivity index (χ3n) is 4.57. The van der Waals surface area contributed by atoms with E-state index in [2.05, 4.69) is 10.0 Å². The summed E-state index contributed by atoms with van der Waals surface area (Å²) in [5.74, 6) is -0.192. The van der Waals surface area contributed by atoms with Crippen molar-refractivity contribution in [3.63, 3.8) is 0 Å². The highest BCUT2D eigenvalue weighted by molar-refractivity contribution is 7.89. The number of hydrogen-bond donors (Lipinski definition) is 2. The first-order chi connectivity index (χ1) is 11.4. The molecule has 0 spiro atoms. The van der Waals surface area contributed by atoms with Crippen LogP contribution in [0.25, 0.3) is 0 Å². The Bertz CT molecular complexity index is 650.